The molecule has 0 bridgehead atoms. The first kappa shape index (κ1) is 12.6. The Morgan fingerprint density at radius 1 is 1.40 bits per heavy atom. The summed E-state index contributed by atoms with van der Waals surface area (Å²) in [5.74, 6) is 0.412. The predicted molar refractivity (Wildman–Crippen MR) is 75.0 cm³/mol. The second-order valence-corrected chi connectivity index (χ2v) is 4.72. The van der Waals surface area contributed by atoms with Gasteiger partial charge in [0.05, 0.1) is 0 Å². The number of para-hydroxylation sites is 1. The zero-order valence-corrected chi connectivity index (χ0v) is 11.1. The summed E-state index contributed by atoms with van der Waals surface area (Å²) in [5.41, 5.74) is 2.12. The van der Waals surface area contributed by atoms with Crippen LogP contribution >= 0.6 is 0 Å². The molecule has 0 fully saturated rings. The molecule has 1 aromatic carbocycles. The van der Waals surface area contributed by atoms with Crippen molar-refractivity contribution in [2.24, 2.45) is 7.05 Å². The molecule has 1 aromatic heterocycles. The Labute approximate surface area is 116 Å². The second-order valence-electron chi connectivity index (χ2n) is 4.72. The van der Waals surface area contributed by atoms with Crippen molar-refractivity contribution in [3.05, 3.63) is 46.3 Å². The molecule has 0 amide bonds. The summed E-state index contributed by atoms with van der Waals surface area (Å²) in [6, 6.07) is 7.93. The molecule has 7 nitrogen and oxygen atoms in total. The Morgan fingerprint density at radius 3 is 3.00 bits per heavy atom. The van der Waals surface area contributed by atoms with E-state index in [0.717, 1.165) is 24.3 Å². The maximum atomic E-state index is 11.2. The highest BCUT2D eigenvalue weighted by Gasteiger charge is 2.28. The van der Waals surface area contributed by atoms with Crippen LogP contribution in [-0.2, 0) is 13.6 Å². The van der Waals surface area contributed by atoms with Gasteiger partial charge in [0.25, 0.3) is 0 Å². The minimum Gasteiger partial charge on any atom is -0.358 e. The van der Waals surface area contributed by atoms with Crippen LogP contribution in [0.2, 0.25) is 0 Å². The molecule has 1 N–H and O–H groups in total. The molecule has 0 aliphatic carbocycles. The van der Waals surface area contributed by atoms with E-state index in [2.05, 4.69) is 10.3 Å². The van der Waals surface area contributed by atoms with Crippen molar-refractivity contribution < 1.29 is 4.92 Å². The lowest BCUT2D eigenvalue weighted by Crippen LogP contribution is -2.26. The molecule has 20 heavy (non-hydrogen) atoms. The summed E-state index contributed by atoms with van der Waals surface area (Å²) < 4.78 is 1.69. The van der Waals surface area contributed by atoms with Gasteiger partial charge in [-0.15, -0.1) is 0 Å². The lowest BCUT2D eigenvalue weighted by molar-refractivity contribution is -0.388. The fourth-order valence-electron chi connectivity index (χ4n) is 2.53. The third-order valence-corrected chi connectivity index (χ3v) is 3.43. The number of hydrogen-bond acceptors (Lipinski definition) is 5. The molecule has 0 radical (unpaired) electrons. The predicted octanol–water partition coefficient (Wildman–Crippen LogP) is 1.57. The molecule has 2 heterocycles. The van der Waals surface area contributed by atoms with Crippen LogP contribution in [0.1, 0.15) is 5.56 Å². The van der Waals surface area contributed by atoms with E-state index >= 15 is 0 Å². The SMILES string of the molecule is Cn1cnc([N+](=O)[O-])c1N1CCNCc2ccccc21. The van der Waals surface area contributed by atoms with Gasteiger partial charge in [-0.05, 0) is 21.5 Å². The summed E-state index contributed by atoms with van der Waals surface area (Å²) >= 11 is 0. The Bertz CT molecular complexity index is 652. The number of nitrogens with zero attached hydrogens (tertiary/aromatic N) is 4. The van der Waals surface area contributed by atoms with E-state index in [-0.39, 0.29) is 5.82 Å². The first-order chi connectivity index (χ1) is 9.68. The normalized spacial score (nSPS) is 14.8. The van der Waals surface area contributed by atoms with Gasteiger partial charge in [-0.25, -0.2) is 0 Å². The standard InChI is InChI=1S/C13H15N5O2/c1-16-9-15-12(18(19)20)13(16)17-7-6-14-8-10-4-2-3-5-11(10)17/h2-5,9,14H,6-8H2,1H3. The van der Waals surface area contributed by atoms with E-state index in [0.29, 0.717) is 12.4 Å². The first-order valence-corrected chi connectivity index (χ1v) is 6.40. The Morgan fingerprint density at radius 2 is 2.20 bits per heavy atom. The number of hydrogen-bond donors (Lipinski definition) is 1. The van der Waals surface area contributed by atoms with Crippen molar-refractivity contribution in [2.75, 3.05) is 18.0 Å². The number of imidazole rings is 1. The molecule has 3 rings (SSSR count). The zero-order valence-electron chi connectivity index (χ0n) is 11.1. The Hall–Kier alpha value is -2.41. The summed E-state index contributed by atoms with van der Waals surface area (Å²) in [5, 5.41) is 14.5. The summed E-state index contributed by atoms with van der Waals surface area (Å²) in [6.45, 7) is 2.19. The fourth-order valence-corrected chi connectivity index (χ4v) is 2.53. The summed E-state index contributed by atoms with van der Waals surface area (Å²) in [7, 11) is 1.77. The van der Waals surface area contributed by atoms with Crippen LogP contribution in [0.25, 0.3) is 0 Å². The maximum absolute atomic E-state index is 11.2. The van der Waals surface area contributed by atoms with Crippen LogP contribution in [0.5, 0.6) is 0 Å². The van der Waals surface area contributed by atoms with Gasteiger partial charge in [-0.3, -0.25) is 4.57 Å². The molecule has 0 atom stereocenters. The van der Waals surface area contributed by atoms with E-state index in [1.165, 1.54) is 6.33 Å². The van der Waals surface area contributed by atoms with Gasteiger partial charge in [-0.2, -0.15) is 0 Å². The zero-order chi connectivity index (χ0) is 14.1. The number of nitro groups is 1. The van der Waals surface area contributed by atoms with Crippen molar-refractivity contribution >= 4 is 17.3 Å². The highest BCUT2D eigenvalue weighted by atomic mass is 16.6. The van der Waals surface area contributed by atoms with Crippen LogP contribution in [0.4, 0.5) is 17.3 Å². The maximum Gasteiger partial charge on any atom is 0.406 e. The third-order valence-electron chi connectivity index (χ3n) is 3.43. The lowest BCUT2D eigenvalue weighted by Gasteiger charge is -2.23. The highest BCUT2D eigenvalue weighted by Crippen LogP contribution is 2.34. The highest BCUT2D eigenvalue weighted by molar-refractivity contribution is 5.70. The first-order valence-electron chi connectivity index (χ1n) is 6.40. The number of fused-ring (bicyclic) bond motifs is 1. The smallest absolute Gasteiger partial charge is 0.358 e. The van der Waals surface area contributed by atoms with Crippen LogP contribution in [-0.4, -0.2) is 27.6 Å². The number of anilines is 2. The van der Waals surface area contributed by atoms with Gasteiger partial charge in [0.2, 0.25) is 12.1 Å². The van der Waals surface area contributed by atoms with E-state index in [9.17, 15) is 10.1 Å². The Balaban J connectivity index is 2.15. The second kappa shape index (κ2) is 4.93. The molecular formula is C13H15N5O2. The van der Waals surface area contributed by atoms with Gasteiger partial charge >= 0.3 is 5.82 Å². The average Bonchev–Trinajstić information content (AvgIpc) is 2.70. The van der Waals surface area contributed by atoms with Gasteiger partial charge in [0, 0.05) is 32.4 Å². The van der Waals surface area contributed by atoms with E-state index < -0.39 is 4.92 Å². The summed E-state index contributed by atoms with van der Waals surface area (Å²) in [6.07, 6.45) is 1.48. The third kappa shape index (κ3) is 2.01. The average molecular weight is 273 g/mol. The number of rotatable bonds is 2. The van der Waals surface area contributed by atoms with Crippen LogP contribution in [0.15, 0.2) is 30.6 Å². The minimum absolute atomic E-state index is 0.107. The number of aryl methyl sites for hydroxylation is 1. The molecule has 1 aliphatic heterocycles. The number of aromatic nitrogens is 2. The monoisotopic (exact) mass is 273 g/mol. The van der Waals surface area contributed by atoms with E-state index in [4.69, 9.17) is 0 Å². The van der Waals surface area contributed by atoms with Gasteiger partial charge < -0.3 is 20.3 Å². The Kier molecular flexibility index (Phi) is 3.11. The quantitative estimate of drug-likeness (QED) is 0.664. The van der Waals surface area contributed by atoms with Crippen molar-refractivity contribution in [1.29, 1.82) is 0 Å². The molecule has 0 saturated heterocycles. The topological polar surface area (TPSA) is 76.2 Å². The van der Waals surface area contributed by atoms with Gasteiger partial charge in [0.1, 0.15) is 0 Å². The van der Waals surface area contributed by atoms with Crippen LogP contribution < -0.4 is 10.2 Å². The van der Waals surface area contributed by atoms with E-state index in [1.54, 1.807) is 11.6 Å². The molecule has 104 valence electrons. The molecule has 1 aliphatic rings. The van der Waals surface area contributed by atoms with Gasteiger partial charge in [0.15, 0.2) is 0 Å². The molecule has 7 heteroatoms. The van der Waals surface area contributed by atoms with Crippen molar-refractivity contribution in [1.82, 2.24) is 14.9 Å². The molecule has 0 spiro atoms. The van der Waals surface area contributed by atoms with Crippen molar-refractivity contribution in [2.45, 2.75) is 6.54 Å². The number of nitrogens with one attached hydrogen (secondary N) is 1. The molecule has 0 unspecified atom stereocenters. The fraction of sp³-hybridized carbons (Fsp3) is 0.308. The minimum atomic E-state index is -0.434. The van der Waals surface area contributed by atoms with Crippen molar-refractivity contribution in [3.63, 3.8) is 0 Å². The van der Waals surface area contributed by atoms with Gasteiger partial charge in [-0.1, -0.05) is 18.2 Å². The van der Waals surface area contributed by atoms with Crippen LogP contribution in [0.3, 0.4) is 0 Å². The van der Waals surface area contributed by atoms with Crippen molar-refractivity contribution in [3.8, 4) is 0 Å². The summed E-state index contributed by atoms with van der Waals surface area (Å²) in [4.78, 5) is 16.6. The molecule has 2 aromatic rings. The largest absolute Gasteiger partial charge is 0.406 e. The molecular weight excluding hydrogens is 258 g/mol. The lowest BCUT2D eigenvalue weighted by atomic mass is 10.1. The number of benzene rings is 1. The molecule has 0 saturated carbocycles. The van der Waals surface area contributed by atoms with E-state index in [1.807, 2.05) is 29.2 Å². The van der Waals surface area contributed by atoms with Crippen LogP contribution in [0, 0.1) is 10.1 Å².